The van der Waals surface area contributed by atoms with Gasteiger partial charge in [-0.25, -0.2) is 5.01 Å². The molecule has 0 unspecified atom stereocenters. The summed E-state index contributed by atoms with van der Waals surface area (Å²) in [5, 5.41) is 2.48. The lowest BCUT2D eigenvalue weighted by atomic mass is 9.81. The molecule has 0 radical (unpaired) electrons. The monoisotopic (exact) mass is 198 g/mol. The summed E-state index contributed by atoms with van der Waals surface area (Å²) >= 11 is 0. The molecule has 14 heavy (non-hydrogen) atoms. The average molecular weight is 198 g/mol. The summed E-state index contributed by atoms with van der Waals surface area (Å²) in [5.74, 6) is 0. The van der Waals surface area contributed by atoms with E-state index in [1.165, 1.54) is 25.7 Å². The Morgan fingerprint density at radius 2 is 1.57 bits per heavy atom. The van der Waals surface area contributed by atoms with Crippen molar-refractivity contribution in [3.05, 3.63) is 0 Å². The minimum absolute atomic E-state index is 0.302. The Balaban J connectivity index is 2.70. The zero-order chi connectivity index (χ0) is 10.8. The van der Waals surface area contributed by atoms with Gasteiger partial charge >= 0.3 is 0 Å². The molecule has 0 saturated carbocycles. The maximum atomic E-state index is 3.59. The van der Waals surface area contributed by atoms with Gasteiger partial charge in [-0.3, -0.25) is 5.43 Å². The van der Waals surface area contributed by atoms with E-state index in [0.717, 1.165) is 6.54 Å². The zero-order valence-electron chi connectivity index (χ0n) is 10.5. The third-order valence-corrected chi connectivity index (χ3v) is 3.31. The molecule has 2 nitrogen and oxygen atoms in total. The number of hydrazine groups is 1. The van der Waals surface area contributed by atoms with Crippen molar-refractivity contribution in [3.63, 3.8) is 0 Å². The van der Waals surface area contributed by atoms with Crippen LogP contribution in [-0.2, 0) is 0 Å². The second-order valence-corrected chi connectivity index (χ2v) is 5.72. The summed E-state index contributed by atoms with van der Waals surface area (Å²) in [7, 11) is 0. The first-order valence-corrected chi connectivity index (χ1v) is 5.94. The van der Waals surface area contributed by atoms with Crippen molar-refractivity contribution in [2.75, 3.05) is 6.54 Å². The fourth-order valence-electron chi connectivity index (χ4n) is 2.65. The van der Waals surface area contributed by atoms with Gasteiger partial charge in [-0.1, -0.05) is 6.92 Å². The van der Waals surface area contributed by atoms with Gasteiger partial charge in [0.05, 0.1) is 0 Å². The van der Waals surface area contributed by atoms with Crippen LogP contribution in [0, 0.1) is 0 Å². The molecular weight excluding hydrogens is 172 g/mol. The summed E-state index contributed by atoms with van der Waals surface area (Å²) in [4.78, 5) is 0. The van der Waals surface area contributed by atoms with Gasteiger partial charge in [0.1, 0.15) is 0 Å². The Bertz CT molecular complexity index is 169. The van der Waals surface area contributed by atoms with Crippen molar-refractivity contribution in [1.82, 2.24) is 10.4 Å². The van der Waals surface area contributed by atoms with E-state index in [-0.39, 0.29) is 0 Å². The summed E-state index contributed by atoms with van der Waals surface area (Å²) in [6.45, 7) is 12.7. The largest absolute Gasteiger partial charge is 0.254 e. The van der Waals surface area contributed by atoms with Crippen molar-refractivity contribution in [2.24, 2.45) is 0 Å². The first-order chi connectivity index (χ1) is 6.40. The maximum absolute atomic E-state index is 3.59. The molecule has 0 aromatic rings. The molecule has 0 aromatic heterocycles. The molecule has 2 heteroatoms. The van der Waals surface area contributed by atoms with Crippen molar-refractivity contribution >= 4 is 0 Å². The van der Waals surface area contributed by atoms with Gasteiger partial charge in [-0.05, 0) is 53.4 Å². The molecule has 0 atom stereocenters. The predicted molar refractivity (Wildman–Crippen MR) is 62.1 cm³/mol. The fraction of sp³-hybridized carbons (Fsp3) is 1.00. The van der Waals surface area contributed by atoms with Crippen LogP contribution in [-0.4, -0.2) is 22.6 Å². The minimum atomic E-state index is 0.302. The van der Waals surface area contributed by atoms with Gasteiger partial charge in [0.15, 0.2) is 0 Å². The van der Waals surface area contributed by atoms with Crippen LogP contribution in [0.25, 0.3) is 0 Å². The van der Waals surface area contributed by atoms with Gasteiger partial charge in [0.2, 0.25) is 0 Å². The Morgan fingerprint density at radius 1 is 1.07 bits per heavy atom. The molecule has 0 bridgehead atoms. The van der Waals surface area contributed by atoms with E-state index in [1.807, 2.05) is 0 Å². The van der Waals surface area contributed by atoms with Gasteiger partial charge in [0.25, 0.3) is 0 Å². The summed E-state index contributed by atoms with van der Waals surface area (Å²) in [5.41, 5.74) is 4.19. The van der Waals surface area contributed by atoms with E-state index in [1.54, 1.807) is 0 Å². The van der Waals surface area contributed by atoms with Crippen LogP contribution in [0.1, 0.15) is 60.3 Å². The number of hydrogen-bond donors (Lipinski definition) is 1. The smallest absolute Gasteiger partial charge is 0.0304 e. The average Bonchev–Trinajstić information content (AvgIpc) is 2.01. The molecule has 1 fully saturated rings. The molecule has 0 aromatic carbocycles. The normalized spacial score (nSPS) is 26.4. The highest BCUT2D eigenvalue weighted by Crippen LogP contribution is 2.36. The van der Waals surface area contributed by atoms with Crippen molar-refractivity contribution in [3.8, 4) is 0 Å². The zero-order valence-corrected chi connectivity index (χ0v) is 10.5. The Labute approximate surface area is 89.0 Å². The van der Waals surface area contributed by atoms with Crippen molar-refractivity contribution in [1.29, 1.82) is 0 Å². The topological polar surface area (TPSA) is 15.3 Å². The van der Waals surface area contributed by atoms with Gasteiger partial charge < -0.3 is 0 Å². The first kappa shape index (κ1) is 12.0. The van der Waals surface area contributed by atoms with Crippen LogP contribution >= 0.6 is 0 Å². The molecular formula is C12H26N2. The third kappa shape index (κ3) is 2.48. The lowest BCUT2D eigenvalue weighted by Gasteiger charge is -2.52. The summed E-state index contributed by atoms with van der Waals surface area (Å²) in [6.07, 6.45) is 5.15. The van der Waals surface area contributed by atoms with E-state index in [2.05, 4.69) is 45.1 Å². The van der Waals surface area contributed by atoms with E-state index < -0.39 is 0 Å². The summed E-state index contributed by atoms with van der Waals surface area (Å²) < 4.78 is 0. The van der Waals surface area contributed by atoms with E-state index in [4.69, 9.17) is 0 Å². The minimum Gasteiger partial charge on any atom is -0.254 e. The Kier molecular flexibility index (Phi) is 3.59. The highest BCUT2D eigenvalue weighted by molar-refractivity contribution is 4.94. The lowest BCUT2D eigenvalue weighted by molar-refractivity contribution is -0.0697. The highest BCUT2D eigenvalue weighted by atomic mass is 15.6. The lowest BCUT2D eigenvalue weighted by Crippen LogP contribution is -2.64. The van der Waals surface area contributed by atoms with Gasteiger partial charge in [-0.2, -0.15) is 0 Å². The van der Waals surface area contributed by atoms with Crippen LogP contribution < -0.4 is 5.43 Å². The number of nitrogens with one attached hydrogen (secondary N) is 1. The van der Waals surface area contributed by atoms with Crippen LogP contribution in [0.3, 0.4) is 0 Å². The van der Waals surface area contributed by atoms with Crippen LogP contribution in [0.4, 0.5) is 0 Å². The van der Waals surface area contributed by atoms with Crippen LogP contribution in [0.2, 0.25) is 0 Å². The SMILES string of the molecule is CCCNN1C(C)(C)CCCC1(C)C. The van der Waals surface area contributed by atoms with Crippen molar-refractivity contribution < 1.29 is 0 Å². The molecule has 0 spiro atoms. The van der Waals surface area contributed by atoms with Crippen LogP contribution in [0.15, 0.2) is 0 Å². The summed E-state index contributed by atoms with van der Waals surface area (Å²) in [6, 6.07) is 0. The van der Waals surface area contributed by atoms with E-state index in [9.17, 15) is 0 Å². The molecule has 1 rings (SSSR count). The van der Waals surface area contributed by atoms with E-state index >= 15 is 0 Å². The van der Waals surface area contributed by atoms with Crippen LogP contribution in [0.5, 0.6) is 0 Å². The van der Waals surface area contributed by atoms with Gasteiger partial charge in [0, 0.05) is 17.6 Å². The number of hydrogen-bond acceptors (Lipinski definition) is 2. The number of rotatable bonds is 3. The molecule has 1 heterocycles. The Hall–Kier alpha value is -0.0800. The second-order valence-electron chi connectivity index (χ2n) is 5.72. The Morgan fingerprint density at radius 3 is 2.00 bits per heavy atom. The maximum Gasteiger partial charge on any atom is 0.0304 e. The molecule has 1 aliphatic heterocycles. The second kappa shape index (κ2) is 4.19. The highest BCUT2D eigenvalue weighted by Gasteiger charge is 2.40. The number of nitrogens with zero attached hydrogens (tertiary/aromatic N) is 1. The molecule has 0 aliphatic carbocycles. The fourth-order valence-corrected chi connectivity index (χ4v) is 2.65. The molecule has 1 saturated heterocycles. The first-order valence-electron chi connectivity index (χ1n) is 5.94. The third-order valence-electron chi connectivity index (χ3n) is 3.31. The predicted octanol–water partition coefficient (Wildman–Crippen LogP) is 2.94. The van der Waals surface area contributed by atoms with Crippen molar-refractivity contribution in [2.45, 2.75) is 71.4 Å². The van der Waals surface area contributed by atoms with E-state index in [0.29, 0.717) is 11.1 Å². The number of piperidine rings is 1. The molecule has 0 amide bonds. The molecule has 84 valence electrons. The molecule has 1 N–H and O–H groups in total. The molecule has 1 aliphatic rings. The standard InChI is InChI=1S/C12H26N2/c1-6-10-13-14-11(2,3)8-7-9-12(14,4)5/h13H,6-10H2,1-5H3. The quantitative estimate of drug-likeness (QED) is 0.750. The van der Waals surface area contributed by atoms with Gasteiger partial charge in [-0.15, -0.1) is 0 Å².